The minimum absolute atomic E-state index is 0.0885. The van der Waals surface area contributed by atoms with Crippen molar-refractivity contribution in [2.45, 2.75) is 44.9 Å². The number of methoxy groups -OCH3 is 1. The van der Waals surface area contributed by atoms with Crippen molar-refractivity contribution in [1.29, 1.82) is 0 Å². The lowest BCUT2D eigenvalue weighted by molar-refractivity contribution is -0.118. The minimum Gasteiger partial charge on any atom is -0.497 e. The van der Waals surface area contributed by atoms with Gasteiger partial charge in [-0.05, 0) is 61.8 Å². The molecule has 0 saturated heterocycles. The average molecular weight is 518 g/mol. The zero-order valence-corrected chi connectivity index (χ0v) is 22.6. The molecular weight excluding hydrogens is 482 g/mol. The van der Waals surface area contributed by atoms with Crippen molar-refractivity contribution in [3.05, 3.63) is 48.0 Å². The molecule has 0 spiro atoms. The third-order valence-electron chi connectivity index (χ3n) is 6.16. The van der Waals surface area contributed by atoms with E-state index in [1.807, 2.05) is 12.1 Å². The molecule has 0 aliphatic carbocycles. The summed E-state index contributed by atoms with van der Waals surface area (Å²) in [5.74, 6) is 0.415. The molecule has 0 fully saturated rings. The number of hydrogen-bond donors (Lipinski definition) is 0. The van der Waals surface area contributed by atoms with Gasteiger partial charge in [0.25, 0.3) is 0 Å². The molecule has 7 nitrogen and oxygen atoms in total. The molecule has 0 saturated carbocycles. The molecule has 0 atom stereocenters. The van der Waals surface area contributed by atoms with Crippen molar-refractivity contribution >= 4 is 42.4 Å². The van der Waals surface area contributed by atoms with E-state index in [1.54, 1.807) is 29.2 Å². The summed E-state index contributed by atoms with van der Waals surface area (Å²) in [5, 5.41) is 0.677. The lowest BCUT2D eigenvalue weighted by Gasteiger charge is -2.24. The molecule has 9 heteroatoms. The summed E-state index contributed by atoms with van der Waals surface area (Å²) in [6.07, 6.45) is 1.27. The van der Waals surface area contributed by atoms with E-state index in [1.165, 1.54) is 18.4 Å². The highest BCUT2D eigenvalue weighted by molar-refractivity contribution is 7.91. The average Bonchev–Trinajstić information content (AvgIpc) is 3.30. The number of thiazole rings is 1. The number of ether oxygens (including phenoxy) is 1. The number of carbonyl (C=O) groups excluding carboxylic acids is 1. The van der Waals surface area contributed by atoms with Gasteiger partial charge in [0, 0.05) is 19.5 Å². The first-order valence-electron chi connectivity index (χ1n) is 12.1. The predicted molar refractivity (Wildman–Crippen MR) is 143 cm³/mol. The van der Waals surface area contributed by atoms with Gasteiger partial charge in [0.1, 0.15) is 5.75 Å². The molecule has 190 valence electrons. The van der Waals surface area contributed by atoms with Crippen molar-refractivity contribution in [1.82, 2.24) is 9.88 Å². The van der Waals surface area contributed by atoms with Gasteiger partial charge < -0.3 is 9.64 Å². The van der Waals surface area contributed by atoms with E-state index in [4.69, 9.17) is 9.72 Å². The molecule has 3 aromatic rings. The third kappa shape index (κ3) is 6.80. The van der Waals surface area contributed by atoms with Crippen LogP contribution in [0.1, 0.15) is 39.2 Å². The minimum atomic E-state index is -3.48. The Morgan fingerprint density at radius 2 is 1.74 bits per heavy atom. The molecule has 0 radical (unpaired) electrons. The van der Waals surface area contributed by atoms with Crippen LogP contribution < -0.4 is 9.64 Å². The zero-order valence-electron chi connectivity index (χ0n) is 21.0. The van der Waals surface area contributed by atoms with Crippen LogP contribution in [0.3, 0.4) is 0 Å². The number of nitrogens with zero attached hydrogens (tertiary/aromatic N) is 3. The Kier molecular flexibility index (Phi) is 9.65. The number of carbonyl (C=O) groups is 1. The van der Waals surface area contributed by atoms with E-state index in [0.29, 0.717) is 17.4 Å². The standard InChI is InChI=1S/C26H35N3O4S2/c1-5-20-10-8-11-23-25(20)27-26(34-23)29(18-17-28(6-2)7-3)24(30)12-9-19-35(31,32)22-15-13-21(33-4)14-16-22/h8,10-11,13-16H,5-7,9,12,17-19H2,1-4H3. The van der Waals surface area contributed by atoms with Crippen molar-refractivity contribution < 1.29 is 17.9 Å². The van der Waals surface area contributed by atoms with Crippen LogP contribution >= 0.6 is 11.3 Å². The Balaban J connectivity index is 1.75. The number of sulfone groups is 1. The molecule has 1 heterocycles. The van der Waals surface area contributed by atoms with Gasteiger partial charge in [-0.3, -0.25) is 9.69 Å². The molecule has 2 aromatic carbocycles. The summed E-state index contributed by atoms with van der Waals surface area (Å²) in [6, 6.07) is 12.5. The molecule has 35 heavy (non-hydrogen) atoms. The number of rotatable bonds is 13. The first-order valence-corrected chi connectivity index (χ1v) is 14.6. The van der Waals surface area contributed by atoms with E-state index in [-0.39, 0.29) is 29.4 Å². The number of aryl methyl sites for hydroxylation is 1. The highest BCUT2D eigenvalue weighted by atomic mass is 32.2. The van der Waals surface area contributed by atoms with Gasteiger partial charge in [-0.25, -0.2) is 13.4 Å². The van der Waals surface area contributed by atoms with Crippen molar-refractivity contribution in [3.63, 3.8) is 0 Å². The summed E-state index contributed by atoms with van der Waals surface area (Å²) in [4.78, 5) is 22.4. The van der Waals surface area contributed by atoms with Crippen LogP contribution in [0.2, 0.25) is 0 Å². The summed E-state index contributed by atoms with van der Waals surface area (Å²) < 4.78 is 31.7. The Morgan fingerprint density at radius 3 is 2.37 bits per heavy atom. The highest BCUT2D eigenvalue weighted by Gasteiger charge is 2.22. The number of anilines is 1. The topological polar surface area (TPSA) is 79.8 Å². The van der Waals surface area contributed by atoms with Gasteiger partial charge in [-0.1, -0.05) is 44.2 Å². The summed E-state index contributed by atoms with van der Waals surface area (Å²) in [7, 11) is -1.94. The third-order valence-corrected chi connectivity index (χ3v) is 9.02. The number of fused-ring (bicyclic) bond motifs is 1. The van der Waals surface area contributed by atoms with Gasteiger partial charge in [-0.15, -0.1) is 0 Å². The largest absolute Gasteiger partial charge is 0.497 e. The second-order valence-corrected chi connectivity index (χ2v) is 11.4. The van der Waals surface area contributed by atoms with E-state index >= 15 is 0 Å². The van der Waals surface area contributed by atoms with Crippen LogP contribution in [0.25, 0.3) is 10.2 Å². The van der Waals surface area contributed by atoms with E-state index < -0.39 is 9.84 Å². The van der Waals surface area contributed by atoms with E-state index in [2.05, 4.69) is 31.7 Å². The van der Waals surface area contributed by atoms with Gasteiger partial charge in [0.2, 0.25) is 5.91 Å². The molecule has 1 aromatic heterocycles. The van der Waals surface area contributed by atoms with Crippen molar-refractivity contribution in [3.8, 4) is 5.75 Å². The Morgan fingerprint density at radius 1 is 1.03 bits per heavy atom. The number of benzene rings is 2. The number of amides is 1. The quantitative estimate of drug-likeness (QED) is 0.324. The van der Waals surface area contributed by atoms with Crippen LogP contribution in [-0.4, -0.2) is 63.3 Å². The fraction of sp³-hybridized carbons (Fsp3) is 0.462. The van der Waals surface area contributed by atoms with Crippen LogP contribution in [0.15, 0.2) is 47.4 Å². The summed E-state index contributed by atoms with van der Waals surface area (Å²) in [5.41, 5.74) is 2.10. The monoisotopic (exact) mass is 517 g/mol. The molecule has 1 amide bonds. The normalized spacial score (nSPS) is 11.8. The molecule has 3 rings (SSSR count). The first kappa shape index (κ1) is 27.1. The smallest absolute Gasteiger partial charge is 0.228 e. The van der Waals surface area contributed by atoms with Crippen LogP contribution in [0.4, 0.5) is 5.13 Å². The van der Waals surface area contributed by atoms with Gasteiger partial charge in [0.05, 0.1) is 28.0 Å². The number of aromatic nitrogens is 1. The maximum atomic E-state index is 13.3. The van der Waals surface area contributed by atoms with Crippen LogP contribution in [0, 0.1) is 0 Å². The Hall–Kier alpha value is -2.49. The Bertz CT molecular complexity index is 1220. The van der Waals surface area contributed by atoms with Gasteiger partial charge in [-0.2, -0.15) is 0 Å². The van der Waals surface area contributed by atoms with Crippen molar-refractivity contribution in [2.24, 2.45) is 0 Å². The second kappa shape index (κ2) is 12.5. The van der Waals surface area contributed by atoms with Crippen molar-refractivity contribution in [2.75, 3.05) is 43.9 Å². The van der Waals surface area contributed by atoms with E-state index in [9.17, 15) is 13.2 Å². The molecule has 0 bridgehead atoms. The maximum absolute atomic E-state index is 13.3. The predicted octanol–water partition coefficient (Wildman–Crippen LogP) is 4.80. The highest BCUT2D eigenvalue weighted by Crippen LogP contribution is 2.31. The fourth-order valence-corrected chi connectivity index (χ4v) is 6.32. The molecule has 0 unspecified atom stereocenters. The maximum Gasteiger partial charge on any atom is 0.228 e. The lowest BCUT2D eigenvalue weighted by Crippen LogP contribution is -2.38. The molecule has 0 aliphatic heterocycles. The Labute approximate surface area is 212 Å². The molecule has 0 N–H and O–H groups in total. The van der Waals surface area contributed by atoms with Crippen LogP contribution in [0.5, 0.6) is 5.75 Å². The van der Waals surface area contributed by atoms with E-state index in [0.717, 1.165) is 41.8 Å². The van der Waals surface area contributed by atoms with Gasteiger partial charge >= 0.3 is 0 Å². The number of hydrogen-bond acceptors (Lipinski definition) is 7. The molecule has 0 aliphatic rings. The first-order chi connectivity index (χ1) is 16.8. The summed E-state index contributed by atoms with van der Waals surface area (Å²) >= 11 is 1.51. The number of likely N-dealkylation sites (N-methyl/N-ethyl adjacent to an activating group) is 1. The summed E-state index contributed by atoms with van der Waals surface area (Å²) in [6.45, 7) is 9.36. The van der Waals surface area contributed by atoms with Crippen LogP contribution in [-0.2, 0) is 21.1 Å². The fourth-order valence-electron chi connectivity index (χ4n) is 3.95. The SMILES string of the molecule is CCc1cccc2sc(N(CCN(CC)CC)C(=O)CCCS(=O)(=O)c3ccc(OC)cc3)nc12. The lowest BCUT2D eigenvalue weighted by atomic mass is 10.1. The van der Waals surface area contributed by atoms with Gasteiger partial charge in [0.15, 0.2) is 15.0 Å². The number of para-hydroxylation sites is 1. The zero-order chi connectivity index (χ0) is 25.4. The molecular formula is C26H35N3O4S2. The second-order valence-electron chi connectivity index (χ2n) is 8.28.